The molecule has 0 radical (unpaired) electrons. The van der Waals surface area contributed by atoms with Crippen LogP contribution in [-0.2, 0) is 0 Å². The van der Waals surface area contributed by atoms with E-state index in [9.17, 15) is 14.5 Å². The molecule has 0 aliphatic rings. The van der Waals surface area contributed by atoms with E-state index in [0.717, 1.165) is 18.2 Å². The molecule has 0 heterocycles. The van der Waals surface area contributed by atoms with Crippen molar-refractivity contribution >= 4 is 11.8 Å². The van der Waals surface area contributed by atoms with E-state index in [1.54, 1.807) is 13.1 Å². The molecule has 15 heavy (non-hydrogen) atoms. The maximum Gasteiger partial charge on any atom is 0.276 e. The zero-order chi connectivity index (χ0) is 11.3. The van der Waals surface area contributed by atoms with Crippen molar-refractivity contribution in [2.75, 3.05) is 13.6 Å². The number of halogens is 1. The minimum Gasteiger partial charge on any atom is -0.316 e. The van der Waals surface area contributed by atoms with Crippen molar-refractivity contribution in [1.82, 2.24) is 5.32 Å². The lowest BCUT2D eigenvalue weighted by Gasteiger charge is -1.97. The van der Waals surface area contributed by atoms with E-state index in [2.05, 4.69) is 5.32 Å². The van der Waals surface area contributed by atoms with Gasteiger partial charge in [0.05, 0.1) is 10.5 Å². The van der Waals surface area contributed by atoms with Gasteiger partial charge in [0.15, 0.2) is 0 Å². The first kappa shape index (κ1) is 11.3. The summed E-state index contributed by atoms with van der Waals surface area (Å²) < 4.78 is 12.8. The average Bonchev–Trinajstić information content (AvgIpc) is 2.18. The molecule has 1 rings (SSSR count). The van der Waals surface area contributed by atoms with Crippen LogP contribution < -0.4 is 5.32 Å². The Morgan fingerprint density at radius 2 is 2.33 bits per heavy atom. The van der Waals surface area contributed by atoms with E-state index < -0.39 is 10.7 Å². The number of hydrogen-bond acceptors (Lipinski definition) is 3. The first-order valence-electron chi connectivity index (χ1n) is 4.40. The Kier molecular flexibility index (Phi) is 3.93. The molecule has 0 fully saturated rings. The predicted octanol–water partition coefficient (Wildman–Crippen LogP) is 1.97. The SMILES string of the molecule is CNCC=Cc1cc(F)ccc1[N+](=O)[O-]. The van der Waals surface area contributed by atoms with E-state index in [1.165, 1.54) is 6.08 Å². The molecule has 0 aromatic heterocycles. The molecule has 80 valence electrons. The van der Waals surface area contributed by atoms with Crippen LogP contribution in [0.3, 0.4) is 0 Å². The van der Waals surface area contributed by atoms with Crippen LogP contribution in [0.2, 0.25) is 0 Å². The third-order valence-corrected chi connectivity index (χ3v) is 1.81. The summed E-state index contributed by atoms with van der Waals surface area (Å²) in [6.45, 7) is 0.577. The second kappa shape index (κ2) is 5.21. The second-order valence-electron chi connectivity index (χ2n) is 2.92. The monoisotopic (exact) mass is 210 g/mol. The average molecular weight is 210 g/mol. The van der Waals surface area contributed by atoms with Crippen LogP contribution in [0.15, 0.2) is 24.3 Å². The molecule has 0 aliphatic carbocycles. The number of benzene rings is 1. The van der Waals surface area contributed by atoms with Crippen molar-refractivity contribution in [3.05, 3.63) is 45.8 Å². The van der Waals surface area contributed by atoms with Gasteiger partial charge < -0.3 is 5.32 Å². The quantitative estimate of drug-likeness (QED) is 0.610. The Morgan fingerprint density at radius 3 is 2.93 bits per heavy atom. The molecule has 0 unspecified atom stereocenters. The zero-order valence-corrected chi connectivity index (χ0v) is 8.24. The fraction of sp³-hybridized carbons (Fsp3) is 0.200. The molecule has 0 saturated heterocycles. The number of rotatable bonds is 4. The van der Waals surface area contributed by atoms with E-state index in [1.807, 2.05) is 0 Å². The fourth-order valence-electron chi connectivity index (χ4n) is 1.13. The Morgan fingerprint density at radius 1 is 1.60 bits per heavy atom. The standard InChI is InChI=1S/C10H11FN2O2/c1-12-6-2-3-8-7-9(11)4-5-10(8)13(14)15/h2-5,7,12H,6H2,1H3. The summed E-state index contributed by atoms with van der Waals surface area (Å²) in [7, 11) is 1.75. The number of nitro benzene ring substituents is 1. The normalized spacial score (nSPS) is 10.8. The number of hydrogen-bond donors (Lipinski definition) is 1. The molecule has 1 aromatic rings. The molecule has 0 amide bonds. The van der Waals surface area contributed by atoms with Gasteiger partial charge in [-0.05, 0) is 19.2 Å². The summed E-state index contributed by atoms with van der Waals surface area (Å²) in [5.74, 6) is -0.482. The molecule has 0 bridgehead atoms. The highest BCUT2D eigenvalue weighted by Gasteiger charge is 2.11. The van der Waals surface area contributed by atoms with Gasteiger partial charge in [-0.15, -0.1) is 0 Å². The maximum atomic E-state index is 12.8. The number of nitrogens with one attached hydrogen (secondary N) is 1. The van der Waals surface area contributed by atoms with Gasteiger partial charge in [0.25, 0.3) is 5.69 Å². The Hall–Kier alpha value is -1.75. The van der Waals surface area contributed by atoms with Crippen molar-refractivity contribution in [3.8, 4) is 0 Å². The van der Waals surface area contributed by atoms with Crippen molar-refractivity contribution in [1.29, 1.82) is 0 Å². The molecule has 1 aromatic carbocycles. The minimum absolute atomic E-state index is 0.0937. The molecule has 0 saturated carbocycles. The van der Waals surface area contributed by atoms with Crippen molar-refractivity contribution < 1.29 is 9.31 Å². The zero-order valence-electron chi connectivity index (χ0n) is 8.24. The lowest BCUT2D eigenvalue weighted by atomic mass is 10.1. The first-order valence-corrected chi connectivity index (χ1v) is 4.40. The summed E-state index contributed by atoms with van der Waals surface area (Å²) in [5, 5.41) is 13.5. The van der Waals surface area contributed by atoms with Crippen molar-refractivity contribution in [3.63, 3.8) is 0 Å². The number of likely N-dealkylation sites (N-methyl/N-ethyl adjacent to an activating group) is 1. The molecule has 0 atom stereocenters. The fourth-order valence-corrected chi connectivity index (χ4v) is 1.13. The Balaban J connectivity index is 3.02. The third-order valence-electron chi connectivity index (χ3n) is 1.81. The molecule has 0 aliphatic heterocycles. The first-order chi connectivity index (χ1) is 7.15. The van der Waals surface area contributed by atoms with Gasteiger partial charge in [-0.2, -0.15) is 0 Å². The van der Waals surface area contributed by atoms with Gasteiger partial charge in [-0.25, -0.2) is 4.39 Å². The largest absolute Gasteiger partial charge is 0.316 e. The molecule has 4 nitrogen and oxygen atoms in total. The van der Waals surface area contributed by atoms with Crippen LogP contribution in [0.5, 0.6) is 0 Å². The van der Waals surface area contributed by atoms with Crippen LogP contribution in [0.25, 0.3) is 6.08 Å². The van der Waals surface area contributed by atoms with E-state index >= 15 is 0 Å². The topological polar surface area (TPSA) is 55.2 Å². The van der Waals surface area contributed by atoms with Crippen molar-refractivity contribution in [2.45, 2.75) is 0 Å². The summed E-state index contributed by atoms with van der Waals surface area (Å²) >= 11 is 0. The van der Waals surface area contributed by atoms with Gasteiger partial charge in [-0.3, -0.25) is 10.1 Å². The summed E-state index contributed by atoms with van der Waals surface area (Å²) in [6, 6.07) is 3.38. The highest BCUT2D eigenvalue weighted by Crippen LogP contribution is 2.20. The maximum absolute atomic E-state index is 12.8. The number of nitrogens with zero attached hydrogens (tertiary/aromatic N) is 1. The van der Waals surface area contributed by atoms with E-state index in [-0.39, 0.29) is 11.3 Å². The van der Waals surface area contributed by atoms with Crippen molar-refractivity contribution in [2.24, 2.45) is 0 Å². The summed E-state index contributed by atoms with van der Waals surface area (Å²) in [5.41, 5.74) is 0.180. The van der Waals surface area contributed by atoms with E-state index in [0.29, 0.717) is 6.54 Å². The summed E-state index contributed by atoms with van der Waals surface area (Å²) in [4.78, 5) is 10.1. The van der Waals surface area contributed by atoms with Crippen LogP contribution >= 0.6 is 0 Å². The van der Waals surface area contributed by atoms with Crippen LogP contribution in [0.4, 0.5) is 10.1 Å². The molecular formula is C10H11FN2O2. The van der Waals surface area contributed by atoms with Gasteiger partial charge in [-0.1, -0.05) is 12.2 Å². The lowest BCUT2D eigenvalue weighted by Crippen LogP contribution is -2.03. The van der Waals surface area contributed by atoms with Gasteiger partial charge in [0, 0.05) is 12.6 Å². The van der Waals surface area contributed by atoms with Gasteiger partial charge in [0.2, 0.25) is 0 Å². The summed E-state index contributed by atoms with van der Waals surface area (Å²) in [6.07, 6.45) is 3.22. The number of nitro groups is 1. The molecule has 5 heteroatoms. The highest BCUT2D eigenvalue weighted by molar-refractivity contribution is 5.60. The minimum atomic E-state index is -0.529. The Bertz CT molecular complexity index is 391. The van der Waals surface area contributed by atoms with Crippen LogP contribution in [0, 0.1) is 15.9 Å². The second-order valence-corrected chi connectivity index (χ2v) is 2.92. The van der Waals surface area contributed by atoms with Gasteiger partial charge >= 0.3 is 0 Å². The molecule has 0 spiro atoms. The van der Waals surface area contributed by atoms with Crippen LogP contribution in [0.1, 0.15) is 5.56 Å². The third kappa shape index (κ3) is 3.14. The van der Waals surface area contributed by atoms with E-state index in [4.69, 9.17) is 0 Å². The molecular weight excluding hydrogens is 199 g/mol. The predicted molar refractivity (Wildman–Crippen MR) is 56.0 cm³/mol. The van der Waals surface area contributed by atoms with Gasteiger partial charge in [0.1, 0.15) is 5.82 Å². The van der Waals surface area contributed by atoms with Crippen LogP contribution in [-0.4, -0.2) is 18.5 Å². The lowest BCUT2D eigenvalue weighted by molar-refractivity contribution is -0.385. The Labute approximate surface area is 86.6 Å². The highest BCUT2D eigenvalue weighted by atomic mass is 19.1. The molecule has 1 N–H and O–H groups in total. The smallest absolute Gasteiger partial charge is 0.276 e.